The summed E-state index contributed by atoms with van der Waals surface area (Å²) < 4.78 is 0. The van der Waals surface area contributed by atoms with Gasteiger partial charge < -0.3 is 15.1 Å². The maximum absolute atomic E-state index is 4.48. The minimum absolute atomic E-state index is 0. The van der Waals surface area contributed by atoms with Crippen LogP contribution in [0.15, 0.2) is 4.99 Å². The van der Waals surface area contributed by atoms with Crippen molar-refractivity contribution < 1.29 is 0 Å². The molecule has 2 unspecified atom stereocenters. The predicted molar refractivity (Wildman–Crippen MR) is 102 cm³/mol. The van der Waals surface area contributed by atoms with Crippen LogP contribution in [0.2, 0.25) is 0 Å². The van der Waals surface area contributed by atoms with Gasteiger partial charge in [0.1, 0.15) is 0 Å². The number of likely N-dealkylation sites (N-methyl/N-ethyl adjacent to an activating group) is 1. The lowest BCUT2D eigenvalue weighted by Crippen LogP contribution is -2.45. The summed E-state index contributed by atoms with van der Waals surface area (Å²) >= 11 is 0. The molecule has 2 aliphatic rings. The van der Waals surface area contributed by atoms with E-state index in [4.69, 9.17) is 0 Å². The van der Waals surface area contributed by atoms with E-state index in [0.717, 1.165) is 30.9 Å². The fourth-order valence-electron chi connectivity index (χ4n) is 3.66. The van der Waals surface area contributed by atoms with Crippen LogP contribution in [-0.4, -0.2) is 62.1 Å². The zero-order chi connectivity index (χ0) is 14.5. The molecule has 0 radical (unpaired) electrons. The Kier molecular flexibility index (Phi) is 8.31. The third-order valence-electron chi connectivity index (χ3n) is 4.77. The van der Waals surface area contributed by atoms with Crippen LogP contribution in [0.5, 0.6) is 0 Å². The number of hydrogen-bond donors (Lipinski definition) is 1. The molecule has 0 bridgehead atoms. The second-order valence-corrected chi connectivity index (χ2v) is 6.94. The Balaban J connectivity index is 0.00000220. The maximum Gasteiger partial charge on any atom is 0.193 e. The zero-order valence-electron chi connectivity index (χ0n) is 14.1. The number of aliphatic imine (C=N–C) groups is 1. The number of halogens is 1. The summed E-state index contributed by atoms with van der Waals surface area (Å²) in [5.74, 6) is 2.77. The van der Waals surface area contributed by atoms with Gasteiger partial charge in [0.15, 0.2) is 5.96 Å². The van der Waals surface area contributed by atoms with E-state index in [-0.39, 0.29) is 24.0 Å². The van der Waals surface area contributed by atoms with E-state index >= 15 is 0 Å². The zero-order valence-corrected chi connectivity index (χ0v) is 16.5. The number of rotatable bonds is 4. The maximum atomic E-state index is 4.48. The number of hydrogen-bond acceptors (Lipinski definition) is 2. The Hall–Kier alpha value is -0.0400. The van der Waals surface area contributed by atoms with Crippen molar-refractivity contribution in [1.29, 1.82) is 0 Å². The molecular weight excluding hydrogens is 375 g/mol. The number of nitrogens with zero attached hydrogens (tertiary/aromatic N) is 3. The van der Waals surface area contributed by atoms with E-state index in [2.05, 4.69) is 41.0 Å². The summed E-state index contributed by atoms with van der Waals surface area (Å²) in [5, 5.41) is 3.59. The molecule has 2 atom stereocenters. The molecule has 124 valence electrons. The standard InChI is InChI=1S/C16H32N4.HI/c1-13(2)10-14-7-9-20(12-14)16(17-3)18-11-15-6-5-8-19(15)4;/h13-15H,5-12H2,1-4H3,(H,17,18);1H. The van der Waals surface area contributed by atoms with E-state index in [0.29, 0.717) is 6.04 Å². The van der Waals surface area contributed by atoms with Gasteiger partial charge in [0.05, 0.1) is 0 Å². The highest BCUT2D eigenvalue weighted by Crippen LogP contribution is 2.23. The third-order valence-corrected chi connectivity index (χ3v) is 4.77. The average molecular weight is 408 g/mol. The van der Waals surface area contributed by atoms with Gasteiger partial charge in [-0.05, 0) is 51.1 Å². The molecule has 1 N–H and O–H groups in total. The van der Waals surface area contributed by atoms with E-state index < -0.39 is 0 Å². The average Bonchev–Trinajstić information content (AvgIpc) is 3.00. The Morgan fingerprint density at radius 2 is 2.05 bits per heavy atom. The number of nitrogens with one attached hydrogen (secondary N) is 1. The van der Waals surface area contributed by atoms with Crippen molar-refractivity contribution in [1.82, 2.24) is 15.1 Å². The SMILES string of the molecule is CN=C(NCC1CCCN1C)N1CCC(CC(C)C)C1.I. The van der Waals surface area contributed by atoms with E-state index in [1.807, 2.05) is 7.05 Å². The highest BCUT2D eigenvalue weighted by atomic mass is 127. The molecule has 2 aliphatic heterocycles. The second kappa shape index (κ2) is 9.18. The van der Waals surface area contributed by atoms with Crippen molar-refractivity contribution in [2.45, 2.75) is 45.6 Å². The monoisotopic (exact) mass is 408 g/mol. The van der Waals surface area contributed by atoms with Gasteiger partial charge in [-0.15, -0.1) is 24.0 Å². The molecule has 2 heterocycles. The van der Waals surface area contributed by atoms with Crippen LogP contribution in [-0.2, 0) is 0 Å². The topological polar surface area (TPSA) is 30.9 Å². The van der Waals surface area contributed by atoms with Crippen LogP contribution in [0, 0.1) is 11.8 Å². The quantitative estimate of drug-likeness (QED) is 0.441. The highest BCUT2D eigenvalue weighted by Gasteiger charge is 2.26. The molecule has 2 saturated heterocycles. The van der Waals surface area contributed by atoms with Crippen molar-refractivity contribution in [3.05, 3.63) is 0 Å². The molecule has 5 heteroatoms. The molecule has 0 saturated carbocycles. The molecular formula is C16H33IN4. The summed E-state index contributed by atoms with van der Waals surface area (Å²) in [7, 11) is 4.15. The second-order valence-electron chi connectivity index (χ2n) is 6.94. The van der Waals surface area contributed by atoms with Gasteiger partial charge in [0.25, 0.3) is 0 Å². The van der Waals surface area contributed by atoms with Crippen molar-refractivity contribution >= 4 is 29.9 Å². The smallest absolute Gasteiger partial charge is 0.193 e. The van der Waals surface area contributed by atoms with Crippen molar-refractivity contribution in [2.75, 3.05) is 40.3 Å². The number of guanidine groups is 1. The summed E-state index contributed by atoms with van der Waals surface area (Å²) in [6.45, 7) is 9.27. The molecule has 2 fully saturated rings. The Labute approximate surface area is 147 Å². The van der Waals surface area contributed by atoms with Gasteiger partial charge in [-0.2, -0.15) is 0 Å². The van der Waals surface area contributed by atoms with Crippen LogP contribution in [0.25, 0.3) is 0 Å². The van der Waals surface area contributed by atoms with Gasteiger partial charge >= 0.3 is 0 Å². The fraction of sp³-hybridized carbons (Fsp3) is 0.938. The first-order valence-electron chi connectivity index (χ1n) is 8.26. The first kappa shape index (κ1) is 19.0. The molecule has 0 aromatic rings. The van der Waals surface area contributed by atoms with Crippen molar-refractivity contribution in [2.24, 2.45) is 16.8 Å². The molecule has 21 heavy (non-hydrogen) atoms. The molecule has 2 rings (SSSR count). The van der Waals surface area contributed by atoms with Crippen LogP contribution < -0.4 is 5.32 Å². The van der Waals surface area contributed by atoms with Crippen LogP contribution in [0.1, 0.15) is 39.5 Å². The Morgan fingerprint density at radius 3 is 2.62 bits per heavy atom. The van der Waals surface area contributed by atoms with E-state index in [1.165, 1.54) is 38.8 Å². The molecule has 4 nitrogen and oxygen atoms in total. The van der Waals surface area contributed by atoms with E-state index in [9.17, 15) is 0 Å². The molecule has 0 aromatic carbocycles. The van der Waals surface area contributed by atoms with E-state index in [1.54, 1.807) is 0 Å². The lowest BCUT2D eigenvalue weighted by molar-refractivity contribution is 0.306. The largest absolute Gasteiger partial charge is 0.355 e. The van der Waals surface area contributed by atoms with Gasteiger partial charge in [0.2, 0.25) is 0 Å². The first-order valence-corrected chi connectivity index (χ1v) is 8.26. The fourth-order valence-corrected chi connectivity index (χ4v) is 3.66. The summed E-state index contributed by atoms with van der Waals surface area (Å²) in [5.41, 5.74) is 0. The lowest BCUT2D eigenvalue weighted by Gasteiger charge is -2.25. The van der Waals surface area contributed by atoms with Gasteiger partial charge in [0, 0.05) is 32.7 Å². The Morgan fingerprint density at radius 1 is 1.29 bits per heavy atom. The van der Waals surface area contributed by atoms with Crippen molar-refractivity contribution in [3.8, 4) is 0 Å². The van der Waals surface area contributed by atoms with Gasteiger partial charge in [-0.1, -0.05) is 13.8 Å². The minimum Gasteiger partial charge on any atom is -0.355 e. The Bertz CT molecular complexity index is 332. The normalized spacial score (nSPS) is 27.3. The van der Waals surface area contributed by atoms with Crippen molar-refractivity contribution in [3.63, 3.8) is 0 Å². The van der Waals surface area contributed by atoms with Crippen LogP contribution >= 0.6 is 24.0 Å². The van der Waals surface area contributed by atoms with Gasteiger partial charge in [-0.25, -0.2) is 0 Å². The molecule has 0 amide bonds. The predicted octanol–water partition coefficient (Wildman–Crippen LogP) is 2.64. The summed E-state index contributed by atoms with van der Waals surface area (Å²) in [4.78, 5) is 9.39. The van der Waals surface area contributed by atoms with Gasteiger partial charge in [-0.3, -0.25) is 4.99 Å². The third kappa shape index (κ3) is 5.58. The molecule has 0 aliphatic carbocycles. The first-order chi connectivity index (χ1) is 9.60. The minimum atomic E-state index is 0. The summed E-state index contributed by atoms with van der Waals surface area (Å²) in [6, 6.07) is 0.681. The van der Waals surface area contributed by atoms with Crippen LogP contribution in [0.4, 0.5) is 0 Å². The lowest BCUT2D eigenvalue weighted by atomic mass is 9.97. The highest BCUT2D eigenvalue weighted by molar-refractivity contribution is 14.0. The summed E-state index contributed by atoms with van der Waals surface area (Å²) in [6.07, 6.45) is 5.32. The number of likely N-dealkylation sites (tertiary alicyclic amines) is 2. The molecule has 0 spiro atoms. The molecule has 0 aromatic heterocycles. The van der Waals surface area contributed by atoms with Crippen LogP contribution in [0.3, 0.4) is 0 Å².